The van der Waals surface area contributed by atoms with Gasteiger partial charge in [0.1, 0.15) is 0 Å². The van der Waals surface area contributed by atoms with E-state index >= 15 is 0 Å². The summed E-state index contributed by atoms with van der Waals surface area (Å²) in [6.45, 7) is 0.472. The molecule has 136 valence electrons. The summed E-state index contributed by atoms with van der Waals surface area (Å²) >= 11 is 6.24. The second-order valence-electron chi connectivity index (χ2n) is 5.97. The Hall–Kier alpha value is -3.11. The molecule has 0 heterocycles. The standard InChI is InChI=1S/C22H19ClN2O2/c23-18-12-7-13-19(25-21(26)17-10-5-2-6-11-17)20(18)22(27)24-15-14-16-8-3-1-4-9-16/h1-13H,14-15H2,(H,24,27)(H,25,26). The fraction of sp³-hybridized carbons (Fsp3) is 0.0909. The molecule has 4 nitrogen and oxygen atoms in total. The quantitative estimate of drug-likeness (QED) is 0.660. The SMILES string of the molecule is O=C(Nc1cccc(Cl)c1C(=O)NCCc1ccccc1)c1ccccc1. The molecule has 0 unspecified atom stereocenters. The largest absolute Gasteiger partial charge is 0.352 e. The normalized spacial score (nSPS) is 10.3. The molecule has 0 aromatic heterocycles. The summed E-state index contributed by atoms with van der Waals surface area (Å²) in [6.07, 6.45) is 0.711. The van der Waals surface area contributed by atoms with Crippen LogP contribution in [0, 0.1) is 0 Å². The van der Waals surface area contributed by atoms with Gasteiger partial charge in [-0.25, -0.2) is 0 Å². The molecule has 2 amide bonds. The van der Waals surface area contributed by atoms with Crippen molar-refractivity contribution >= 4 is 29.1 Å². The first-order valence-corrected chi connectivity index (χ1v) is 9.00. The van der Waals surface area contributed by atoms with Crippen LogP contribution in [0.1, 0.15) is 26.3 Å². The van der Waals surface area contributed by atoms with Gasteiger partial charge in [0.2, 0.25) is 0 Å². The second-order valence-corrected chi connectivity index (χ2v) is 6.38. The zero-order valence-corrected chi connectivity index (χ0v) is 15.4. The Morgan fingerprint density at radius 2 is 1.44 bits per heavy atom. The molecule has 0 aliphatic carbocycles. The molecular weight excluding hydrogens is 360 g/mol. The third-order valence-corrected chi connectivity index (χ3v) is 4.38. The van der Waals surface area contributed by atoms with Gasteiger partial charge in [0.25, 0.3) is 11.8 Å². The lowest BCUT2D eigenvalue weighted by molar-refractivity contribution is 0.0955. The van der Waals surface area contributed by atoms with E-state index in [2.05, 4.69) is 10.6 Å². The van der Waals surface area contributed by atoms with Gasteiger partial charge in [-0.05, 0) is 36.2 Å². The molecule has 3 rings (SSSR count). The molecular formula is C22H19ClN2O2. The van der Waals surface area contributed by atoms with Crippen molar-refractivity contribution in [2.75, 3.05) is 11.9 Å². The van der Waals surface area contributed by atoms with Gasteiger partial charge >= 0.3 is 0 Å². The highest BCUT2D eigenvalue weighted by atomic mass is 35.5. The molecule has 0 radical (unpaired) electrons. The number of carbonyl (C=O) groups excluding carboxylic acids is 2. The van der Waals surface area contributed by atoms with E-state index in [0.717, 1.165) is 5.56 Å². The Kier molecular flexibility index (Phi) is 6.23. The third-order valence-electron chi connectivity index (χ3n) is 4.07. The van der Waals surface area contributed by atoms with Crippen molar-refractivity contribution in [3.8, 4) is 0 Å². The molecule has 5 heteroatoms. The first-order chi connectivity index (χ1) is 13.1. The summed E-state index contributed by atoms with van der Waals surface area (Å²) in [5.41, 5.74) is 2.28. The van der Waals surface area contributed by atoms with Gasteiger partial charge in [-0.15, -0.1) is 0 Å². The number of amides is 2. The second kappa shape index (κ2) is 9.01. The molecule has 0 fully saturated rings. The van der Waals surface area contributed by atoms with Crippen molar-refractivity contribution in [3.05, 3.63) is 101 Å². The fourth-order valence-electron chi connectivity index (χ4n) is 2.70. The van der Waals surface area contributed by atoms with Crippen molar-refractivity contribution in [1.29, 1.82) is 0 Å². The molecule has 0 bridgehead atoms. The van der Waals surface area contributed by atoms with E-state index in [1.54, 1.807) is 42.5 Å². The first kappa shape index (κ1) is 18.7. The minimum atomic E-state index is -0.320. The highest BCUT2D eigenvalue weighted by Crippen LogP contribution is 2.25. The zero-order chi connectivity index (χ0) is 19.1. The van der Waals surface area contributed by atoms with Gasteiger partial charge in [0.15, 0.2) is 0 Å². The van der Waals surface area contributed by atoms with Gasteiger partial charge < -0.3 is 10.6 Å². The molecule has 2 N–H and O–H groups in total. The van der Waals surface area contributed by atoms with Crippen LogP contribution in [0.3, 0.4) is 0 Å². The van der Waals surface area contributed by atoms with E-state index < -0.39 is 0 Å². The van der Waals surface area contributed by atoms with Crippen LogP contribution >= 0.6 is 11.6 Å². The van der Waals surface area contributed by atoms with Crippen LogP contribution in [-0.2, 0) is 6.42 Å². The van der Waals surface area contributed by atoms with Crippen molar-refractivity contribution in [2.45, 2.75) is 6.42 Å². The molecule has 27 heavy (non-hydrogen) atoms. The number of rotatable bonds is 6. The molecule has 0 aliphatic heterocycles. The number of carbonyl (C=O) groups is 2. The Bertz CT molecular complexity index is 928. The topological polar surface area (TPSA) is 58.2 Å². The number of hydrogen-bond donors (Lipinski definition) is 2. The van der Waals surface area contributed by atoms with Gasteiger partial charge in [-0.1, -0.05) is 66.2 Å². The summed E-state index contributed by atoms with van der Waals surface area (Å²) in [4.78, 5) is 25.1. The van der Waals surface area contributed by atoms with Crippen LogP contribution < -0.4 is 10.6 Å². The van der Waals surface area contributed by atoms with Crippen LogP contribution in [0.15, 0.2) is 78.9 Å². The first-order valence-electron chi connectivity index (χ1n) is 8.62. The van der Waals surface area contributed by atoms with Gasteiger partial charge in [-0.2, -0.15) is 0 Å². The Balaban J connectivity index is 1.71. The van der Waals surface area contributed by atoms with Crippen LogP contribution in [0.2, 0.25) is 5.02 Å². The average molecular weight is 379 g/mol. The predicted molar refractivity (Wildman–Crippen MR) is 108 cm³/mol. The van der Waals surface area contributed by atoms with E-state index in [1.165, 1.54) is 0 Å². The number of benzene rings is 3. The van der Waals surface area contributed by atoms with Crippen molar-refractivity contribution in [3.63, 3.8) is 0 Å². The van der Waals surface area contributed by atoms with Gasteiger partial charge in [0.05, 0.1) is 16.3 Å². The number of nitrogens with one attached hydrogen (secondary N) is 2. The monoisotopic (exact) mass is 378 g/mol. The van der Waals surface area contributed by atoms with Crippen LogP contribution in [0.4, 0.5) is 5.69 Å². The molecule has 0 atom stereocenters. The maximum atomic E-state index is 12.6. The molecule has 0 saturated heterocycles. The maximum Gasteiger partial charge on any atom is 0.255 e. The van der Waals surface area contributed by atoms with E-state index in [4.69, 9.17) is 11.6 Å². The molecule has 0 spiro atoms. The summed E-state index contributed by atoms with van der Waals surface area (Å²) in [7, 11) is 0. The Labute approximate surface area is 163 Å². The Morgan fingerprint density at radius 3 is 2.15 bits per heavy atom. The summed E-state index contributed by atoms with van der Waals surface area (Å²) in [6, 6.07) is 23.7. The van der Waals surface area contributed by atoms with Crippen molar-refractivity contribution < 1.29 is 9.59 Å². The highest BCUT2D eigenvalue weighted by Gasteiger charge is 2.17. The summed E-state index contributed by atoms with van der Waals surface area (Å²) in [5.74, 6) is -0.615. The Morgan fingerprint density at radius 1 is 0.778 bits per heavy atom. The predicted octanol–water partition coefficient (Wildman–Crippen LogP) is 4.56. The number of halogens is 1. The number of hydrogen-bond acceptors (Lipinski definition) is 2. The lowest BCUT2D eigenvalue weighted by Gasteiger charge is -2.13. The van der Waals surface area contributed by atoms with Gasteiger partial charge in [0, 0.05) is 12.1 Å². The minimum Gasteiger partial charge on any atom is -0.352 e. The highest BCUT2D eigenvalue weighted by molar-refractivity contribution is 6.35. The van der Waals surface area contributed by atoms with Crippen molar-refractivity contribution in [1.82, 2.24) is 5.32 Å². The molecule has 3 aromatic rings. The summed E-state index contributed by atoms with van der Waals surface area (Å²) < 4.78 is 0. The van der Waals surface area contributed by atoms with E-state index in [9.17, 15) is 9.59 Å². The minimum absolute atomic E-state index is 0.261. The molecule has 3 aromatic carbocycles. The van der Waals surface area contributed by atoms with E-state index in [-0.39, 0.29) is 22.4 Å². The lowest BCUT2D eigenvalue weighted by atomic mass is 10.1. The zero-order valence-electron chi connectivity index (χ0n) is 14.6. The average Bonchev–Trinajstić information content (AvgIpc) is 2.69. The van der Waals surface area contributed by atoms with Crippen molar-refractivity contribution in [2.24, 2.45) is 0 Å². The smallest absolute Gasteiger partial charge is 0.255 e. The van der Waals surface area contributed by atoms with Crippen LogP contribution in [-0.4, -0.2) is 18.4 Å². The molecule has 0 saturated carbocycles. The maximum absolute atomic E-state index is 12.6. The van der Waals surface area contributed by atoms with Crippen LogP contribution in [0.5, 0.6) is 0 Å². The van der Waals surface area contributed by atoms with E-state index in [0.29, 0.717) is 24.2 Å². The molecule has 0 aliphatic rings. The lowest BCUT2D eigenvalue weighted by Crippen LogP contribution is -2.27. The van der Waals surface area contributed by atoms with Gasteiger partial charge in [-0.3, -0.25) is 9.59 Å². The fourth-order valence-corrected chi connectivity index (χ4v) is 2.96. The summed E-state index contributed by atoms with van der Waals surface area (Å²) in [5, 5.41) is 5.93. The third kappa shape index (κ3) is 4.96. The van der Waals surface area contributed by atoms with Crippen LogP contribution in [0.25, 0.3) is 0 Å². The number of anilines is 1. The van der Waals surface area contributed by atoms with E-state index in [1.807, 2.05) is 36.4 Å².